The van der Waals surface area contributed by atoms with Crippen LogP contribution in [-0.2, 0) is 7.05 Å². The van der Waals surface area contributed by atoms with E-state index in [0.717, 1.165) is 16.9 Å². The summed E-state index contributed by atoms with van der Waals surface area (Å²) in [5.74, 6) is -0.161. The van der Waals surface area contributed by atoms with Crippen molar-refractivity contribution >= 4 is 16.9 Å². The molecule has 0 aliphatic rings. The number of aryl methyl sites for hydroxylation is 1. The maximum atomic E-state index is 13.9. The second-order valence-corrected chi connectivity index (χ2v) is 7.13. The lowest BCUT2D eigenvalue weighted by Crippen LogP contribution is -2.34. The smallest absolute Gasteiger partial charge is 0.254 e. The molecule has 4 aromatic rings. The Balaban J connectivity index is 1.72. The van der Waals surface area contributed by atoms with Gasteiger partial charge in [-0.1, -0.05) is 26.0 Å². The number of imidazole rings is 1. The van der Waals surface area contributed by atoms with Crippen molar-refractivity contribution in [2.75, 3.05) is 0 Å². The Kier molecular flexibility index (Phi) is 4.79. The van der Waals surface area contributed by atoms with E-state index in [1.54, 1.807) is 0 Å². The number of fused-ring (bicyclic) bond motifs is 1. The lowest BCUT2D eigenvalue weighted by atomic mass is 10.0. The monoisotopic (exact) mass is 393 g/mol. The van der Waals surface area contributed by atoms with Crippen LogP contribution >= 0.6 is 0 Å². The van der Waals surface area contributed by atoms with E-state index in [1.165, 1.54) is 29.2 Å². The molecule has 148 valence electrons. The van der Waals surface area contributed by atoms with Gasteiger partial charge in [0.05, 0.1) is 28.3 Å². The van der Waals surface area contributed by atoms with Crippen LogP contribution in [0.1, 0.15) is 36.1 Å². The minimum absolute atomic E-state index is 0.0551. The van der Waals surface area contributed by atoms with E-state index in [-0.39, 0.29) is 17.5 Å². The summed E-state index contributed by atoms with van der Waals surface area (Å²) < 4.78 is 17.2. The number of carbonyl (C=O) groups excluding carboxylic acids is 1. The quantitative estimate of drug-likeness (QED) is 0.563. The summed E-state index contributed by atoms with van der Waals surface area (Å²) >= 11 is 0. The highest BCUT2D eigenvalue weighted by Gasteiger charge is 2.26. The SMILES string of the molecule is CC(C)C(NC(=O)c1cc(F)ccc1-n1cnnn1)c1nc2ccccc2n1C. The number of tetrazole rings is 1. The van der Waals surface area contributed by atoms with Crippen molar-refractivity contribution in [3.05, 3.63) is 66.0 Å². The summed E-state index contributed by atoms with van der Waals surface area (Å²) in [7, 11) is 1.92. The van der Waals surface area contributed by atoms with Gasteiger partial charge < -0.3 is 9.88 Å². The van der Waals surface area contributed by atoms with Gasteiger partial charge in [-0.15, -0.1) is 5.10 Å². The molecule has 1 unspecified atom stereocenters. The van der Waals surface area contributed by atoms with Crippen molar-refractivity contribution < 1.29 is 9.18 Å². The van der Waals surface area contributed by atoms with Crippen molar-refractivity contribution in [2.24, 2.45) is 13.0 Å². The predicted octanol–water partition coefficient (Wildman–Crippen LogP) is 2.82. The van der Waals surface area contributed by atoms with Crippen molar-refractivity contribution in [3.8, 4) is 5.69 Å². The Bertz CT molecular complexity index is 1170. The van der Waals surface area contributed by atoms with Crippen LogP contribution in [0.3, 0.4) is 0 Å². The number of aromatic nitrogens is 6. The highest BCUT2D eigenvalue weighted by atomic mass is 19.1. The van der Waals surface area contributed by atoms with Crippen LogP contribution in [0.15, 0.2) is 48.8 Å². The summed E-state index contributed by atoms with van der Waals surface area (Å²) in [5, 5.41) is 14.0. The fourth-order valence-electron chi connectivity index (χ4n) is 3.35. The van der Waals surface area contributed by atoms with Gasteiger partial charge in [-0.3, -0.25) is 4.79 Å². The first-order valence-electron chi connectivity index (χ1n) is 9.21. The number of amides is 1. The molecule has 29 heavy (non-hydrogen) atoms. The van der Waals surface area contributed by atoms with Crippen molar-refractivity contribution in [1.29, 1.82) is 0 Å². The van der Waals surface area contributed by atoms with Gasteiger partial charge in [0, 0.05) is 7.05 Å². The summed E-state index contributed by atoms with van der Waals surface area (Å²) in [4.78, 5) is 17.8. The number of nitrogens with zero attached hydrogens (tertiary/aromatic N) is 6. The lowest BCUT2D eigenvalue weighted by molar-refractivity contribution is 0.0922. The molecule has 0 fully saturated rings. The molecule has 0 bridgehead atoms. The Morgan fingerprint density at radius 1 is 1.17 bits per heavy atom. The molecule has 0 aliphatic carbocycles. The Morgan fingerprint density at radius 2 is 1.97 bits per heavy atom. The molecule has 2 aromatic carbocycles. The van der Waals surface area contributed by atoms with Gasteiger partial charge in [0.1, 0.15) is 18.0 Å². The minimum atomic E-state index is -0.518. The second kappa shape index (κ2) is 7.42. The van der Waals surface area contributed by atoms with Crippen molar-refractivity contribution in [1.82, 2.24) is 35.1 Å². The molecule has 2 heterocycles. The zero-order valence-corrected chi connectivity index (χ0v) is 16.2. The van der Waals surface area contributed by atoms with Crippen LogP contribution in [0.25, 0.3) is 16.7 Å². The lowest BCUT2D eigenvalue weighted by Gasteiger charge is -2.22. The van der Waals surface area contributed by atoms with Crippen LogP contribution in [0, 0.1) is 11.7 Å². The van der Waals surface area contributed by atoms with Crippen LogP contribution in [0.5, 0.6) is 0 Å². The van der Waals surface area contributed by atoms with Crippen LogP contribution < -0.4 is 5.32 Å². The first-order chi connectivity index (χ1) is 14.0. The van der Waals surface area contributed by atoms with Gasteiger partial charge in [0.15, 0.2) is 0 Å². The molecule has 1 N–H and O–H groups in total. The molecule has 8 nitrogen and oxygen atoms in total. The number of carbonyl (C=O) groups is 1. The van der Waals surface area contributed by atoms with E-state index < -0.39 is 11.7 Å². The number of nitrogens with one attached hydrogen (secondary N) is 1. The molecule has 1 atom stereocenters. The fraction of sp³-hybridized carbons (Fsp3) is 0.250. The van der Waals surface area contributed by atoms with Crippen molar-refractivity contribution in [3.63, 3.8) is 0 Å². The fourth-order valence-corrected chi connectivity index (χ4v) is 3.35. The topological polar surface area (TPSA) is 90.5 Å². The Hall–Kier alpha value is -3.62. The van der Waals surface area contributed by atoms with Gasteiger partial charge in [-0.25, -0.2) is 9.37 Å². The summed E-state index contributed by atoms with van der Waals surface area (Å²) in [6, 6.07) is 11.3. The summed E-state index contributed by atoms with van der Waals surface area (Å²) in [6.07, 6.45) is 1.36. The number of hydrogen-bond donors (Lipinski definition) is 1. The van der Waals surface area contributed by atoms with Gasteiger partial charge in [0.25, 0.3) is 5.91 Å². The number of halogens is 1. The van der Waals surface area contributed by atoms with Crippen LogP contribution in [-0.4, -0.2) is 35.7 Å². The molecule has 0 saturated heterocycles. The summed E-state index contributed by atoms with van der Waals surface area (Å²) in [6.45, 7) is 4.00. The zero-order valence-electron chi connectivity index (χ0n) is 16.2. The first-order valence-corrected chi connectivity index (χ1v) is 9.21. The Labute approximate surface area is 166 Å². The van der Waals surface area contributed by atoms with Gasteiger partial charge in [-0.2, -0.15) is 4.68 Å². The van der Waals surface area contributed by atoms with E-state index in [2.05, 4.69) is 20.8 Å². The number of rotatable bonds is 5. The molecule has 2 aromatic heterocycles. The van der Waals surface area contributed by atoms with Gasteiger partial charge >= 0.3 is 0 Å². The maximum absolute atomic E-state index is 13.9. The molecule has 0 aliphatic heterocycles. The molecule has 0 spiro atoms. The zero-order chi connectivity index (χ0) is 20.5. The second-order valence-electron chi connectivity index (χ2n) is 7.13. The van der Waals surface area contributed by atoms with Gasteiger partial charge in [0.2, 0.25) is 0 Å². The third-order valence-corrected chi connectivity index (χ3v) is 4.85. The van der Waals surface area contributed by atoms with Crippen molar-refractivity contribution in [2.45, 2.75) is 19.9 Å². The number of para-hydroxylation sites is 2. The summed E-state index contributed by atoms with van der Waals surface area (Å²) in [5.41, 5.74) is 2.36. The maximum Gasteiger partial charge on any atom is 0.254 e. The van der Waals surface area contributed by atoms with Gasteiger partial charge in [-0.05, 0) is 46.7 Å². The highest BCUT2D eigenvalue weighted by molar-refractivity contribution is 5.98. The minimum Gasteiger partial charge on any atom is -0.342 e. The van der Waals surface area contributed by atoms with E-state index in [1.807, 2.05) is 49.7 Å². The highest BCUT2D eigenvalue weighted by Crippen LogP contribution is 2.26. The van der Waals surface area contributed by atoms with Crippen LogP contribution in [0.4, 0.5) is 4.39 Å². The van der Waals surface area contributed by atoms with E-state index in [4.69, 9.17) is 4.98 Å². The Morgan fingerprint density at radius 3 is 2.66 bits per heavy atom. The third kappa shape index (κ3) is 3.46. The largest absolute Gasteiger partial charge is 0.342 e. The van der Waals surface area contributed by atoms with E-state index in [9.17, 15) is 9.18 Å². The molecular weight excluding hydrogens is 373 g/mol. The molecule has 1 amide bonds. The normalized spacial score (nSPS) is 12.4. The third-order valence-electron chi connectivity index (χ3n) is 4.85. The van der Waals surface area contributed by atoms with Crippen LogP contribution in [0.2, 0.25) is 0 Å². The average molecular weight is 393 g/mol. The number of benzene rings is 2. The molecular formula is C20H20FN7O. The molecule has 0 radical (unpaired) electrons. The van der Waals surface area contributed by atoms with E-state index in [0.29, 0.717) is 5.69 Å². The average Bonchev–Trinajstić information content (AvgIpc) is 3.34. The standard InChI is InChI=1S/C20H20FN7O/c1-12(2)18(19-23-15-6-4-5-7-17(15)27(19)3)24-20(29)14-10-13(21)8-9-16(14)28-11-22-25-26-28/h4-12,18H,1-3H3,(H,24,29). The van der Waals surface area contributed by atoms with E-state index >= 15 is 0 Å². The molecule has 9 heteroatoms. The first kappa shape index (κ1) is 18.7. The molecule has 4 rings (SSSR count). The predicted molar refractivity (Wildman–Crippen MR) is 105 cm³/mol. The molecule has 0 saturated carbocycles. The number of hydrogen-bond acceptors (Lipinski definition) is 5.